The van der Waals surface area contributed by atoms with Gasteiger partial charge in [-0.2, -0.15) is 0 Å². The zero-order valence-corrected chi connectivity index (χ0v) is 9.73. The standard InChI is InChI=1S/C12H11N2O4/c1-8(2)12(16)13-7-11(15)9-4-3-5-10(6-9)14(17)18/h3,5-6H,1,7H2,2H3,(H,13,16). The summed E-state index contributed by atoms with van der Waals surface area (Å²) < 4.78 is 0. The molecule has 1 aromatic carbocycles. The predicted molar refractivity (Wildman–Crippen MR) is 64.1 cm³/mol. The lowest BCUT2D eigenvalue weighted by Gasteiger charge is -2.03. The first-order valence-electron chi connectivity index (χ1n) is 5.05. The van der Waals surface area contributed by atoms with E-state index in [1.54, 1.807) is 0 Å². The van der Waals surface area contributed by atoms with E-state index < -0.39 is 16.6 Å². The summed E-state index contributed by atoms with van der Waals surface area (Å²) in [6.45, 7) is 4.69. The van der Waals surface area contributed by atoms with Crippen LogP contribution in [0.15, 0.2) is 30.4 Å². The van der Waals surface area contributed by atoms with E-state index in [2.05, 4.69) is 18.0 Å². The third-order valence-electron chi connectivity index (χ3n) is 2.09. The highest BCUT2D eigenvalue weighted by Crippen LogP contribution is 2.12. The number of nitrogens with one attached hydrogen (secondary N) is 1. The van der Waals surface area contributed by atoms with Crippen molar-refractivity contribution in [3.05, 3.63) is 52.1 Å². The number of nitrogens with zero attached hydrogens (tertiary/aromatic N) is 1. The van der Waals surface area contributed by atoms with Gasteiger partial charge in [-0.25, -0.2) is 0 Å². The van der Waals surface area contributed by atoms with Crippen LogP contribution in [0.25, 0.3) is 0 Å². The van der Waals surface area contributed by atoms with Gasteiger partial charge in [0.15, 0.2) is 5.78 Å². The largest absolute Gasteiger partial charge is 0.345 e. The van der Waals surface area contributed by atoms with Crippen molar-refractivity contribution in [1.29, 1.82) is 0 Å². The van der Waals surface area contributed by atoms with Crippen molar-refractivity contribution in [2.75, 3.05) is 6.54 Å². The average Bonchev–Trinajstić information content (AvgIpc) is 2.35. The lowest BCUT2D eigenvalue weighted by molar-refractivity contribution is -0.384. The Morgan fingerprint density at radius 2 is 2.22 bits per heavy atom. The Morgan fingerprint density at radius 3 is 2.78 bits per heavy atom. The number of ketones is 1. The maximum atomic E-state index is 11.6. The molecule has 0 spiro atoms. The van der Waals surface area contributed by atoms with Gasteiger partial charge >= 0.3 is 0 Å². The van der Waals surface area contributed by atoms with E-state index >= 15 is 0 Å². The van der Waals surface area contributed by atoms with Gasteiger partial charge in [-0.1, -0.05) is 6.58 Å². The third kappa shape index (κ3) is 3.51. The molecule has 1 aromatic rings. The highest BCUT2D eigenvalue weighted by Gasteiger charge is 2.12. The molecule has 0 aromatic heterocycles. The number of nitro benzene ring substituents is 1. The van der Waals surface area contributed by atoms with Crippen LogP contribution in [-0.4, -0.2) is 23.2 Å². The van der Waals surface area contributed by atoms with Gasteiger partial charge in [0.05, 0.1) is 11.5 Å². The molecule has 0 bridgehead atoms. The Hall–Kier alpha value is -2.50. The third-order valence-corrected chi connectivity index (χ3v) is 2.09. The number of hydrogen-bond donors (Lipinski definition) is 1. The fourth-order valence-electron chi connectivity index (χ4n) is 1.14. The van der Waals surface area contributed by atoms with Crippen LogP contribution < -0.4 is 5.32 Å². The molecule has 0 saturated heterocycles. The van der Waals surface area contributed by atoms with E-state index in [0.29, 0.717) is 0 Å². The summed E-state index contributed by atoms with van der Waals surface area (Å²) in [5, 5.41) is 12.9. The number of hydrogen-bond acceptors (Lipinski definition) is 4. The van der Waals surface area contributed by atoms with Gasteiger partial charge < -0.3 is 5.32 Å². The van der Waals surface area contributed by atoms with Gasteiger partial charge in [-0.05, 0) is 19.1 Å². The molecule has 1 rings (SSSR count). The molecule has 6 heteroatoms. The highest BCUT2D eigenvalue weighted by atomic mass is 16.6. The van der Waals surface area contributed by atoms with Crippen molar-refractivity contribution < 1.29 is 14.5 Å². The minimum atomic E-state index is -0.600. The van der Waals surface area contributed by atoms with Crippen LogP contribution in [-0.2, 0) is 4.79 Å². The van der Waals surface area contributed by atoms with Crippen LogP contribution in [0.2, 0.25) is 0 Å². The van der Waals surface area contributed by atoms with Crippen molar-refractivity contribution in [2.24, 2.45) is 0 Å². The zero-order chi connectivity index (χ0) is 13.7. The number of non-ortho nitro benzene ring substituents is 1. The van der Waals surface area contributed by atoms with Crippen LogP contribution in [0.5, 0.6) is 0 Å². The predicted octanol–water partition coefficient (Wildman–Crippen LogP) is 1.27. The van der Waals surface area contributed by atoms with Crippen molar-refractivity contribution in [3.8, 4) is 0 Å². The van der Waals surface area contributed by atoms with E-state index in [0.717, 1.165) is 6.07 Å². The van der Waals surface area contributed by atoms with Crippen molar-refractivity contribution in [2.45, 2.75) is 6.92 Å². The summed E-state index contributed by atoms with van der Waals surface area (Å²) in [6.07, 6.45) is 0. The van der Waals surface area contributed by atoms with E-state index in [1.165, 1.54) is 19.1 Å². The summed E-state index contributed by atoms with van der Waals surface area (Å²) in [6, 6.07) is 6.25. The molecule has 0 heterocycles. The Morgan fingerprint density at radius 1 is 1.56 bits per heavy atom. The SMILES string of the molecule is C=C(C)C(=O)NCC(=O)c1[c]ccc([N+](=O)[O-])c1. The molecule has 0 aliphatic carbocycles. The quantitative estimate of drug-likeness (QED) is 0.367. The normalized spacial score (nSPS) is 9.61. The van der Waals surface area contributed by atoms with Crippen LogP contribution in [0.4, 0.5) is 5.69 Å². The van der Waals surface area contributed by atoms with Gasteiger partial charge in [-0.3, -0.25) is 19.7 Å². The summed E-state index contributed by atoms with van der Waals surface area (Å²) in [5.74, 6) is -0.887. The second-order valence-corrected chi connectivity index (χ2v) is 3.60. The van der Waals surface area contributed by atoms with Crippen molar-refractivity contribution in [3.63, 3.8) is 0 Å². The first kappa shape index (κ1) is 13.6. The molecule has 0 unspecified atom stereocenters. The molecule has 0 atom stereocenters. The lowest BCUT2D eigenvalue weighted by atomic mass is 10.1. The fourth-order valence-corrected chi connectivity index (χ4v) is 1.14. The monoisotopic (exact) mass is 247 g/mol. The number of carbonyl (C=O) groups is 2. The number of carbonyl (C=O) groups excluding carboxylic acids is 2. The second-order valence-electron chi connectivity index (χ2n) is 3.60. The van der Waals surface area contributed by atoms with Gasteiger partial charge in [0.25, 0.3) is 5.69 Å². The summed E-state index contributed by atoms with van der Waals surface area (Å²) in [4.78, 5) is 32.8. The summed E-state index contributed by atoms with van der Waals surface area (Å²) in [7, 11) is 0. The van der Waals surface area contributed by atoms with Gasteiger partial charge in [0.2, 0.25) is 5.91 Å². The molecule has 0 fully saturated rings. The second kappa shape index (κ2) is 5.72. The maximum absolute atomic E-state index is 11.6. The Bertz CT molecular complexity index is 523. The molecule has 1 radical (unpaired) electrons. The number of rotatable bonds is 5. The molecule has 93 valence electrons. The van der Waals surface area contributed by atoms with E-state index in [-0.39, 0.29) is 23.4 Å². The molecular weight excluding hydrogens is 236 g/mol. The van der Waals surface area contributed by atoms with E-state index in [9.17, 15) is 19.7 Å². The van der Waals surface area contributed by atoms with E-state index in [4.69, 9.17) is 0 Å². The fraction of sp³-hybridized carbons (Fsp3) is 0.167. The number of nitro groups is 1. The summed E-state index contributed by atoms with van der Waals surface area (Å²) in [5.41, 5.74) is 0.153. The number of amides is 1. The number of benzene rings is 1. The first-order valence-corrected chi connectivity index (χ1v) is 5.05. The van der Waals surface area contributed by atoms with Gasteiger partial charge in [0.1, 0.15) is 0 Å². The molecule has 1 amide bonds. The molecule has 0 aliphatic rings. The Balaban J connectivity index is 2.73. The minimum absolute atomic E-state index is 0.0613. The summed E-state index contributed by atoms with van der Waals surface area (Å²) >= 11 is 0. The number of Topliss-reactive ketones (excluding diaryl/α,β-unsaturated/α-hetero) is 1. The van der Waals surface area contributed by atoms with Crippen LogP contribution in [0.3, 0.4) is 0 Å². The molecular formula is C12H11N2O4. The molecule has 0 saturated carbocycles. The average molecular weight is 247 g/mol. The van der Waals surface area contributed by atoms with Gasteiger partial charge in [0, 0.05) is 23.3 Å². The lowest BCUT2D eigenvalue weighted by Crippen LogP contribution is -2.29. The van der Waals surface area contributed by atoms with Crippen LogP contribution in [0, 0.1) is 16.2 Å². The molecule has 1 N–H and O–H groups in total. The smallest absolute Gasteiger partial charge is 0.270 e. The van der Waals surface area contributed by atoms with Gasteiger partial charge in [-0.15, -0.1) is 0 Å². The van der Waals surface area contributed by atoms with Crippen molar-refractivity contribution in [1.82, 2.24) is 5.32 Å². The van der Waals surface area contributed by atoms with E-state index in [1.807, 2.05) is 0 Å². The molecule has 18 heavy (non-hydrogen) atoms. The van der Waals surface area contributed by atoms with Crippen LogP contribution >= 0.6 is 0 Å². The molecule has 6 nitrogen and oxygen atoms in total. The zero-order valence-electron chi connectivity index (χ0n) is 9.73. The Labute approximate surface area is 103 Å². The maximum Gasteiger partial charge on any atom is 0.270 e. The Kier molecular flexibility index (Phi) is 4.31. The molecule has 0 aliphatic heterocycles. The topological polar surface area (TPSA) is 89.3 Å². The first-order chi connectivity index (χ1) is 8.41. The highest BCUT2D eigenvalue weighted by molar-refractivity contribution is 6.01. The van der Waals surface area contributed by atoms with Crippen molar-refractivity contribution >= 4 is 17.4 Å². The van der Waals surface area contributed by atoms with Crippen LogP contribution in [0.1, 0.15) is 17.3 Å². The minimum Gasteiger partial charge on any atom is -0.345 e.